The second kappa shape index (κ2) is 4.45. The van der Waals surface area contributed by atoms with E-state index in [9.17, 15) is 0 Å². The van der Waals surface area contributed by atoms with Gasteiger partial charge in [0.25, 0.3) is 0 Å². The van der Waals surface area contributed by atoms with Crippen LogP contribution in [0.15, 0.2) is 28.7 Å². The van der Waals surface area contributed by atoms with Crippen LogP contribution in [-0.2, 0) is 0 Å². The van der Waals surface area contributed by atoms with Gasteiger partial charge in [0.1, 0.15) is 0 Å². The lowest BCUT2D eigenvalue weighted by Gasteiger charge is -2.13. The van der Waals surface area contributed by atoms with Crippen molar-refractivity contribution in [1.82, 2.24) is 4.90 Å². The third-order valence-corrected chi connectivity index (χ3v) is 3.59. The Morgan fingerprint density at radius 3 is 2.64 bits per heavy atom. The standard InChI is InChI=1S/C12H16BrN/c1-2-14-8-7-11(9-14)10-3-5-12(13)6-4-10/h3-6,11H,2,7-9H2,1H3. The summed E-state index contributed by atoms with van der Waals surface area (Å²) < 4.78 is 1.17. The Morgan fingerprint density at radius 2 is 2.07 bits per heavy atom. The van der Waals surface area contributed by atoms with Gasteiger partial charge >= 0.3 is 0 Å². The molecule has 0 N–H and O–H groups in total. The molecule has 1 nitrogen and oxygen atoms in total. The molecule has 1 aliphatic heterocycles. The van der Waals surface area contributed by atoms with Crippen LogP contribution in [-0.4, -0.2) is 24.5 Å². The minimum Gasteiger partial charge on any atom is -0.303 e. The van der Waals surface area contributed by atoms with Crippen LogP contribution in [0.4, 0.5) is 0 Å². The topological polar surface area (TPSA) is 3.24 Å². The van der Waals surface area contributed by atoms with Crippen LogP contribution in [0.2, 0.25) is 0 Å². The molecule has 0 aromatic heterocycles. The maximum absolute atomic E-state index is 3.47. The van der Waals surface area contributed by atoms with Gasteiger partial charge in [-0.2, -0.15) is 0 Å². The molecule has 1 aliphatic rings. The zero-order chi connectivity index (χ0) is 9.97. The van der Waals surface area contributed by atoms with Gasteiger partial charge in [0.15, 0.2) is 0 Å². The van der Waals surface area contributed by atoms with Crippen LogP contribution in [0.3, 0.4) is 0 Å². The highest BCUT2D eigenvalue weighted by Gasteiger charge is 2.22. The first-order valence-corrected chi connectivity index (χ1v) is 6.06. The first kappa shape index (κ1) is 10.2. The highest BCUT2D eigenvalue weighted by Crippen LogP contribution is 2.27. The van der Waals surface area contributed by atoms with Gasteiger partial charge in [0.2, 0.25) is 0 Å². The van der Waals surface area contributed by atoms with E-state index < -0.39 is 0 Å². The number of rotatable bonds is 2. The number of hydrogen-bond donors (Lipinski definition) is 0. The lowest BCUT2D eigenvalue weighted by molar-refractivity contribution is 0.354. The van der Waals surface area contributed by atoms with Gasteiger partial charge in [-0.05, 0) is 43.1 Å². The largest absolute Gasteiger partial charge is 0.303 e. The summed E-state index contributed by atoms with van der Waals surface area (Å²) in [6.07, 6.45) is 1.31. The minimum absolute atomic E-state index is 0.753. The Hall–Kier alpha value is -0.340. The van der Waals surface area contributed by atoms with Crippen molar-refractivity contribution in [2.75, 3.05) is 19.6 Å². The summed E-state index contributed by atoms with van der Waals surface area (Å²) in [5.74, 6) is 0.753. The lowest BCUT2D eigenvalue weighted by atomic mass is 9.99. The fourth-order valence-corrected chi connectivity index (χ4v) is 2.39. The third-order valence-electron chi connectivity index (χ3n) is 3.06. The van der Waals surface area contributed by atoms with Gasteiger partial charge < -0.3 is 4.90 Å². The second-order valence-corrected chi connectivity index (χ2v) is 4.85. The molecular weight excluding hydrogens is 238 g/mol. The molecule has 1 heterocycles. The number of hydrogen-bond acceptors (Lipinski definition) is 1. The van der Waals surface area contributed by atoms with Crippen molar-refractivity contribution in [3.8, 4) is 0 Å². The van der Waals surface area contributed by atoms with Crippen molar-refractivity contribution < 1.29 is 0 Å². The summed E-state index contributed by atoms with van der Waals surface area (Å²) in [6.45, 7) is 5.92. The van der Waals surface area contributed by atoms with Crippen molar-refractivity contribution in [2.45, 2.75) is 19.3 Å². The molecule has 76 valence electrons. The van der Waals surface area contributed by atoms with Gasteiger partial charge in [-0.1, -0.05) is 35.0 Å². The van der Waals surface area contributed by atoms with Crippen molar-refractivity contribution in [2.24, 2.45) is 0 Å². The monoisotopic (exact) mass is 253 g/mol. The van der Waals surface area contributed by atoms with Gasteiger partial charge in [-0.25, -0.2) is 0 Å². The van der Waals surface area contributed by atoms with E-state index >= 15 is 0 Å². The molecule has 2 rings (SSSR count). The molecule has 0 bridgehead atoms. The smallest absolute Gasteiger partial charge is 0.0175 e. The molecule has 0 aliphatic carbocycles. The van der Waals surface area contributed by atoms with E-state index in [1.807, 2.05) is 0 Å². The summed E-state index contributed by atoms with van der Waals surface area (Å²) in [6, 6.07) is 8.77. The molecule has 1 aromatic rings. The normalized spacial score (nSPS) is 22.9. The Bertz CT molecular complexity index is 294. The number of likely N-dealkylation sites (tertiary alicyclic amines) is 1. The van der Waals surface area contributed by atoms with Gasteiger partial charge in [-0.3, -0.25) is 0 Å². The molecule has 1 fully saturated rings. The molecule has 14 heavy (non-hydrogen) atoms. The maximum Gasteiger partial charge on any atom is 0.0175 e. The van der Waals surface area contributed by atoms with Crippen LogP contribution < -0.4 is 0 Å². The summed E-state index contributed by atoms with van der Waals surface area (Å²) in [5, 5.41) is 0. The van der Waals surface area contributed by atoms with Crippen LogP contribution in [0, 0.1) is 0 Å². The number of benzene rings is 1. The molecule has 1 atom stereocenters. The van der Waals surface area contributed by atoms with E-state index in [0.717, 1.165) is 5.92 Å². The van der Waals surface area contributed by atoms with Crippen molar-refractivity contribution in [3.63, 3.8) is 0 Å². The first-order valence-electron chi connectivity index (χ1n) is 5.27. The average molecular weight is 254 g/mol. The molecule has 0 radical (unpaired) electrons. The molecule has 0 saturated carbocycles. The van der Waals surface area contributed by atoms with Crippen LogP contribution in [0.25, 0.3) is 0 Å². The molecule has 0 amide bonds. The zero-order valence-electron chi connectivity index (χ0n) is 8.54. The molecule has 1 saturated heterocycles. The summed E-state index contributed by atoms with van der Waals surface area (Å²) >= 11 is 3.47. The van der Waals surface area contributed by atoms with Crippen LogP contribution >= 0.6 is 15.9 Å². The van der Waals surface area contributed by atoms with Crippen molar-refractivity contribution in [1.29, 1.82) is 0 Å². The average Bonchev–Trinajstić information content (AvgIpc) is 2.67. The van der Waals surface area contributed by atoms with E-state index in [0.29, 0.717) is 0 Å². The first-order chi connectivity index (χ1) is 6.79. The molecule has 1 aromatic carbocycles. The zero-order valence-corrected chi connectivity index (χ0v) is 10.1. The number of likely N-dealkylation sites (N-methyl/N-ethyl adjacent to an activating group) is 1. The Morgan fingerprint density at radius 1 is 1.36 bits per heavy atom. The molecular formula is C12H16BrN. The number of halogens is 1. The van der Waals surface area contributed by atoms with Crippen LogP contribution in [0.1, 0.15) is 24.8 Å². The summed E-state index contributed by atoms with van der Waals surface area (Å²) in [7, 11) is 0. The highest BCUT2D eigenvalue weighted by molar-refractivity contribution is 9.10. The van der Waals surface area contributed by atoms with E-state index in [1.54, 1.807) is 0 Å². The van der Waals surface area contributed by atoms with Gasteiger partial charge in [-0.15, -0.1) is 0 Å². The molecule has 1 unspecified atom stereocenters. The summed E-state index contributed by atoms with van der Waals surface area (Å²) in [4.78, 5) is 2.52. The van der Waals surface area contributed by atoms with Gasteiger partial charge in [0.05, 0.1) is 0 Å². The minimum atomic E-state index is 0.753. The van der Waals surface area contributed by atoms with E-state index in [2.05, 4.69) is 52.0 Å². The molecule has 2 heteroatoms. The van der Waals surface area contributed by atoms with Crippen molar-refractivity contribution in [3.05, 3.63) is 34.3 Å². The van der Waals surface area contributed by atoms with E-state index in [1.165, 1.54) is 36.1 Å². The fourth-order valence-electron chi connectivity index (χ4n) is 2.13. The fraction of sp³-hybridized carbons (Fsp3) is 0.500. The predicted molar refractivity (Wildman–Crippen MR) is 63.6 cm³/mol. The highest BCUT2D eigenvalue weighted by atomic mass is 79.9. The lowest BCUT2D eigenvalue weighted by Crippen LogP contribution is -2.19. The quantitative estimate of drug-likeness (QED) is 0.783. The number of nitrogens with zero attached hydrogens (tertiary/aromatic N) is 1. The SMILES string of the molecule is CCN1CCC(c2ccc(Br)cc2)C1. The van der Waals surface area contributed by atoms with E-state index in [4.69, 9.17) is 0 Å². The van der Waals surface area contributed by atoms with Gasteiger partial charge in [0, 0.05) is 11.0 Å². The van der Waals surface area contributed by atoms with Crippen LogP contribution in [0.5, 0.6) is 0 Å². The predicted octanol–water partition coefficient (Wildman–Crippen LogP) is 3.26. The Balaban J connectivity index is 2.06. The Labute approximate surface area is 94.2 Å². The second-order valence-electron chi connectivity index (χ2n) is 3.93. The van der Waals surface area contributed by atoms with Crippen molar-refractivity contribution >= 4 is 15.9 Å². The molecule has 0 spiro atoms. The maximum atomic E-state index is 3.47. The Kier molecular flexibility index (Phi) is 3.24. The summed E-state index contributed by atoms with van der Waals surface area (Å²) in [5.41, 5.74) is 1.49. The van der Waals surface area contributed by atoms with E-state index in [-0.39, 0.29) is 0 Å². The third kappa shape index (κ3) is 2.18.